The summed E-state index contributed by atoms with van der Waals surface area (Å²) in [6.45, 7) is 2.58. The molecule has 2 heterocycles. The molecule has 0 aromatic heterocycles. The van der Waals surface area contributed by atoms with Crippen molar-refractivity contribution in [3.63, 3.8) is 0 Å². The molecule has 2 aliphatic heterocycles. The molecule has 3 amide bonds. The molecule has 7 nitrogen and oxygen atoms in total. The van der Waals surface area contributed by atoms with Gasteiger partial charge in [0.05, 0.1) is 13.2 Å². The topological polar surface area (TPSA) is 82.7 Å². The third-order valence-electron chi connectivity index (χ3n) is 2.22. The van der Waals surface area contributed by atoms with E-state index in [1.165, 1.54) is 0 Å². The van der Waals surface area contributed by atoms with E-state index in [1.807, 2.05) is 4.90 Å². The van der Waals surface area contributed by atoms with Crippen LogP contribution in [0.15, 0.2) is 0 Å². The highest BCUT2D eigenvalue weighted by Gasteiger charge is 2.31. The highest BCUT2D eigenvalue weighted by Crippen LogP contribution is 2.02. The fourth-order valence-electron chi connectivity index (χ4n) is 1.50. The molecule has 3 N–H and O–H groups in total. The maximum absolute atomic E-state index is 11.4. The summed E-state index contributed by atoms with van der Waals surface area (Å²) in [7, 11) is 0. The molecule has 7 heteroatoms. The number of morpholine rings is 1. The van der Waals surface area contributed by atoms with Gasteiger partial charge in [0.2, 0.25) is 0 Å². The van der Waals surface area contributed by atoms with Crippen LogP contribution in [0.25, 0.3) is 0 Å². The highest BCUT2D eigenvalue weighted by atomic mass is 16.5. The lowest BCUT2D eigenvalue weighted by molar-refractivity contribution is -0.130. The van der Waals surface area contributed by atoms with Crippen LogP contribution in [0.4, 0.5) is 4.79 Å². The molecular weight excluding hydrogens is 188 g/mol. The molecule has 2 rings (SSSR count). The van der Waals surface area contributed by atoms with Crippen molar-refractivity contribution in [2.75, 3.05) is 26.3 Å². The van der Waals surface area contributed by atoms with Gasteiger partial charge in [-0.2, -0.15) is 0 Å². The molecule has 14 heavy (non-hydrogen) atoms. The summed E-state index contributed by atoms with van der Waals surface area (Å²) in [6.07, 6.45) is -0.489. The maximum atomic E-state index is 11.4. The lowest BCUT2D eigenvalue weighted by Crippen LogP contribution is -2.68. The SMILES string of the molecule is O=C1NNC(N2CCOCC2)C(=O)N1. The van der Waals surface area contributed by atoms with Crippen LogP contribution in [0.3, 0.4) is 0 Å². The Hall–Kier alpha value is -1.18. The predicted molar refractivity (Wildman–Crippen MR) is 46.0 cm³/mol. The van der Waals surface area contributed by atoms with Gasteiger partial charge >= 0.3 is 6.03 Å². The first-order valence-electron chi connectivity index (χ1n) is 4.45. The molecule has 0 radical (unpaired) electrons. The van der Waals surface area contributed by atoms with Crippen LogP contribution in [0, 0.1) is 0 Å². The van der Waals surface area contributed by atoms with E-state index >= 15 is 0 Å². The van der Waals surface area contributed by atoms with Crippen LogP contribution in [0.1, 0.15) is 0 Å². The number of urea groups is 1. The minimum atomic E-state index is -0.514. The van der Waals surface area contributed by atoms with Gasteiger partial charge < -0.3 is 4.74 Å². The molecule has 2 fully saturated rings. The Bertz CT molecular complexity index is 251. The molecule has 0 aromatic rings. The van der Waals surface area contributed by atoms with Gasteiger partial charge in [-0.05, 0) is 0 Å². The van der Waals surface area contributed by atoms with E-state index in [2.05, 4.69) is 16.2 Å². The van der Waals surface area contributed by atoms with Crippen molar-refractivity contribution < 1.29 is 14.3 Å². The van der Waals surface area contributed by atoms with Crippen LogP contribution in [0.5, 0.6) is 0 Å². The Balaban J connectivity index is 1.95. The number of imide groups is 1. The van der Waals surface area contributed by atoms with Crippen molar-refractivity contribution in [1.82, 2.24) is 21.1 Å². The summed E-state index contributed by atoms with van der Waals surface area (Å²) >= 11 is 0. The normalized spacial score (nSPS) is 29.6. The minimum absolute atomic E-state index is 0.323. The van der Waals surface area contributed by atoms with E-state index < -0.39 is 12.2 Å². The maximum Gasteiger partial charge on any atom is 0.335 e. The summed E-state index contributed by atoms with van der Waals surface area (Å²) in [5, 5.41) is 2.19. The second kappa shape index (κ2) is 3.91. The summed E-state index contributed by atoms with van der Waals surface area (Å²) in [4.78, 5) is 24.1. The number of hydrogen-bond donors (Lipinski definition) is 3. The Morgan fingerprint density at radius 1 is 1.29 bits per heavy atom. The quantitative estimate of drug-likeness (QED) is 0.455. The van der Waals surface area contributed by atoms with Crippen molar-refractivity contribution in [1.29, 1.82) is 0 Å². The van der Waals surface area contributed by atoms with Gasteiger partial charge in [-0.1, -0.05) is 0 Å². The molecule has 0 saturated carbocycles. The Morgan fingerprint density at radius 2 is 2.00 bits per heavy atom. The average molecular weight is 200 g/mol. The largest absolute Gasteiger partial charge is 0.379 e. The first-order chi connectivity index (χ1) is 6.77. The Kier molecular flexibility index (Phi) is 2.62. The van der Waals surface area contributed by atoms with Crippen LogP contribution in [-0.4, -0.2) is 49.3 Å². The zero-order valence-electron chi connectivity index (χ0n) is 7.58. The first kappa shape index (κ1) is 9.38. The second-order valence-corrected chi connectivity index (χ2v) is 3.14. The molecule has 0 bridgehead atoms. The summed E-state index contributed by atoms with van der Waals surface area (Å²) in [6, 6.07) is -0.514. The zero-order chi connectivity index (χ0) is 9.97. The fraction of sp³-hybridized carbons (Fsp3) is 0.714. The monoisotopic (exact) mass is 200 g/mol. The molecule has 0 aliphatic carbocycles. The van der Waals surface area contributed by atoms with Gasteiger partial charge in [0.25, 0.3) is 5.91 Å². The van der Waals surface area contributed by atoms with Crippen LogP contribution in [-0.2, 0) is 9.53 Å². The number of nitrogens with one attached hydrogen (secondary N) is 3. The lowest BCUT2D eigenvalue weighted by Gasteiger charge is -2.35. The highest BCUT2D eigenvalue weighted by molar-refractivity contribution is 5.98. The van der Waals surface area contributed by atoms with Gasteiger partial charge in [0.15, 0.2) is 6.17 Å². The molecule has 78 valence electrons. The summed E-state index contributed by atoms with van der Waals surface area (Å²) in [5.41, 5.74) is 5.00. The van der Waals surface area contributed by atoms with Crippen molar-refractivity contribution in [2.24, 2.45) is 0 Å². The number of carbonyl (C=O) groups excluding carboxylic acids is 2. The smallest absolute Gasteiger partial charge is 0.335 e. The zero-order valence-corrected chi connectivity index (χ0v) is 7.58. The van der Waals surface area contributed by atoms with Crippen LogP contribution >= 0.6 is 0 Å². The third-order valence-corrected chi connectivity index (χ3v) is 2.22. The molecular formula is C7H12N4O3. The standard InChI is InChI=1S/C7H12N4O3/c12-6-5(9-10-7(13)8-6)11-1-3-14-4-2-11/h5,9H,1-4H2,(H2,8,10,12,13). The molecule has 2 saturated heterocycles. The number of nitrogens with zero attached hydrogens (tertiary/aromatic N) is 1. The van der Waals surface area contributed by atoms with Crippen molar-refractivity contribution in [3.8, 4) is 0 Å². The van der Waals surface area contributed by atoms with Gasteiger partial charge in [0, 0.05) is 13.1 Å². The van der Waals surface area contributed by atoms with Crippen LogP contribution in [0.2, 0.25) is 0 Å². The first-order valence-corrected chi connectivity index (χ1v) is 4.45. The third kappa shape index (κ3) is 1.84. The number of rotatable bonds is 1. The number of ether oxygens (including phenoxy) is 1. The fourth-order valence-corrected chi connectivity index (χ4v) is 1.50. The molecule has 0 spiro atoms. The van der Waals surface area contributed by atoms with Gasteiger partial charge in [-0.3, -0.25) is 20.4 Å². The van der Waals surface area contributed by atoms with Crippen LogP contribution < -0.4 is 16.2 Å². The average Bonchev–Trinajstić information content (AvgIpc) is 2.19. The minimum Gasteiger partial charge on any atom is -0.379 e. The van der Waals surface area contributed by atoms with Gasteiger partial charge in [-0.15, -0.1) is 0 Å². The number of hydrazine groups is 1. The summed E-state index contributed by atoms with van der Waals surface area (Å²) in [5.74, 6) is -0.323. The van der Waals surface area contributed by atoms with Crippen molar-refractivity contribution in [3.05, 3.63) is 0 Å². The number of hydrogen-bond acceptors (Lipinski definition) is 5. The predicted octanol–water partition coefficient (Wildman–Crippen LogP) is -2.01. The summed E-state index contributed by atoms with van der Waals surface area (Å²) < 4.78 is 5.16. The number of amides is 3. The number of carbonyl (C=O) groups is 2. The lowest BCUT2D eigenvalue weighted by atomic mass is 10.3. The molecule has 2 aliphatic rings. The van der Waals surface area contributed by atoms with Gasteiger partial charge in [0.1, 0.15) is 0 Å². The molecule has 1 atom stereocenters. The van der Waals surface area contributed by atoms with E-state index in [9.17, 15) is 9.59 Å². The van der Waals surface area contributed by atoms with Crippen molar-refractivity contribution in [2.45, 2.75) is 6.17 Å². The van der Waals surface area contributed by atoms with Gasteiger partial charge in [-0.25, -0.2) is 10.2 Å². The Labute approximate surface area is 80.7 Å². The van der Waals surface area contributed by atoms with E-state index in [0.29, 0.717) is 26.3 Å². The van der Waals surface area contributed by atoms with E-state index in [1.54, 1.807) is 0 Å². The second-order valence-electron chi connectivity index (χ2n) is 3.14. The van der Waals surface area contributed by atoms with E-state index in [0.717, 1.165) is 0 Å². The molecule has 1 unspecified atom stereocenters. The van der Waals surface area contributed by atoms with E-state index in [-0.39, 0.29) is 5.91 Å². The Morgan fingerprint density at radius 3 is 2.64 bits per heavy atom. The van der Waals surface area contributed by atoms with Crippen molar-refractivity contribution >= 4 is 11.9 Å². The molecule has 0 aromatic carbocycles. The van der Waals surface area contributed by atoms with E-state index in [4.69, 9.17) is 4.74 Å².